The van der Waals surface area contributed by atoms with Crippen LogP contribution in [-0.4, -0.2) is 19.7 Å². The van der Waals surface area contributed by atoms with Gasteiger partial charge in [-0.2, -0.15) is 0 Å². The summed E-state index contributed by atoms with van der Waals surface area (Å²) in [7, 11) is 1.48. The number of benzene rings is 2. The summed E-state index contributed by atoms with van der Waals surface area (Å²) >= 11 is 5.94. The number of esters is 1. The first-order valence-electron chi connectivity index (χ1n) is 6.80. The molecule has 0 radical (unpaired) electrons. The van der Waals surface area contributed by atoms with Gasteiger partial charge in [0.2, 0.25) is 5.60 Å². The number of carbonyl (C=O) groups is 1. The Bertz CT molecular complexity index is 637. The average molecular weight is 317 g/mol. The zero-order valence-corrected chi connectivity index (χ0v) is 13.0. The molecular formula is C18H17ClO3. The van der Waals surface area contributed by atoms with Crippen molar-refractivity contribution >= 4 is 17.6 Å². The van der Waals surface area contributed by atoms with Crippen molar-refractivity contribution < 1.29 is 14.3 Å². The van der Waals surface area contributed by atoms with E-state index in [2.05, 4.69) is 6.58 Å². The molecular weight excluding hydrogens is 300 g/mol. The molecule has 2 rings (SSSR count). The molecule has 3 nitrogen and oxygen atoms in total. The molecule has 22 heavy (non-hydrogen) atoms. The molecule has 0 saturated carbocycles. The highest BCUT2D eigenvalue weighted by Crippen LogP contribution is 2.35. The molecule has 4 heteroatoms. The van der Waals surface area contributed by atoms with Crippen LogP contribution in [0, 0.1) is 0 Å². The lowest BCUT2D eigenvalue weighted by Crippen LogP contribution is -2.40. The highest BCUT2D eigenvalue weighted by Gasteiger charge is 2.44. The molecule has 0 aliphatic carbocycles. The van der Waals surface area contributed by atoms with Crippen LogP contribution >= 0.6 is 11.6 Å². The van der Waals surface area contributed by atoms with E-state index in [0.717, 1.165) is 0 Å². The Kier molecular flexibility index (Phi) is 5.36. The largest absolute Gasteiger partial charge is 0.459 e. The first-order valence-corrected chi connectivity index (χ1v) is 7.17. The molecule has 114 valence electrons. The summed E-state index contributed by atoms with van der Waals surface area (Å²) in [6.07, 6.45) is 1.52. The Hall–Kier alpha value is -2.10. The van der Waals surface area contributed by atoms with Crippen molar-refractivity contribution in [2.24, 2.45) is 0 Å². The van der Waals surface area contributed by atoms with E-state index in [9.17, 15) is 4.79 Å². The van der Waals surface area contributed by atoms with E-state index in [-0.39, 0.29) is 6.61 Å². The first-order chi connectivity index (χ1) is 10.6. The minimum absolute atomic E-state index is 0.115. The van der Waals surface area contributed by atoms with E-state index in [0.29, 0.717) is 16.1 Å². The number of carbonyl (C=O) groups excluding carboxylic acids is 1. The van der Waals surface area contributed by atoms with Gasteiger partial charge in [-0.1, -0.05) is 66.7 Å². The third kappa shape index (κ3) is 3.06. The van der Waals surface area contributed by atoms with Gasteiger partial charge in [0, 0.05) is 12.1 Å². The molecule has 0 bridgehead atoms. The van der Waals surface area contributed by atoms with Crippen LogP contribution in [0.5, 0.6) is 0 Å². The molecule has 1 atom stereocenters. The Morgan fingerprint density at radius 3 is 2.27 bits per heavy atom. The highest BCUT2D eigenvalue weighted by molar-refractivity contribution is 6.30. The third-order valence-electron chi connectivity index (χ3n) is 3.36. The highest BCUT2D eigenvalue weighted by atomic mass is 35.5. The van der Waals surface area contributed by atoms with Gasteiger partial charge in [-0.05, 0) is 23.3 Å². The quantitative estimate of drug-likeness (QED) is 0.598. The van der Waals surface area contributed by atoms with E-state index in [1.54, 1.807) is 24.3 Å². The van der Waals surface area contributed by atoms with Crippen molar-refractivity contribution in [3.8, 4) is 0 Å². The van der Waals surface area contributed by atoms with E-state index < -0.39 is 11.6 Å². The number of halogens is 1. The summed E-state index contributed by atoms with van der Waals surface area (Å²) in [5.74, 6) is -0.497. The van der Waals surface area contributed by atoms with E-state index in [1.807, 2.05) is 30.3 Å². The van der Waals surface area contributed by atoms with Crippen molar-refractivity contribution in [2.75, 3.05) is 13.7 Å². The van der Waals surface area contributed by atoms with Crippen molar-refractivity contribution in [3.63, 3.8) is 0 Å². The molecule has 0 aliphatic rings. The van der Waals surface area contributed by atoms with E-state index in [4.69, 9.17) is 21.1 Å². The number of rotatable bonds is 6. The van der Waals surface area contributed by atoms with Gasteiger partial charge >= 0.3 is 5.97 Å². The molecule has 0 spiro atoms. The molecule has 1 unspecified atom stereocenters. The SMILES string of the molecule is C=CCOC(=O)C(OC)(c1ccccc1)c1ccc(Cl)cc1. The molecule has 0 aliphatic heterocycles. The maximum Gasteiger partial charge on any atom is 0.348 e. The van der Waals surface area contributed by atoms with Gasteiger partial charge < -0.3 is 9.47 Å². The van der Waals surface area contributed by atoms with Gasteiger partial charge in [-0.25, -0.2) is 4.79 Å². The number of methoxy groups -OCH3 is 1. The molecule has 0 N–H and O–H groups in total. The van der Waals surface area contributed by atoms with E-state index in [1.165, 1.54) is 13.2 Å². The second-order valence-electron chi connectivity index (χ2n) is 4.65. The maximum absolute atomic E-state index is 12.7. The molecule has 0 amide bonds. The van der Waals surface area contributed by atoms with Crippen LogP contribution in [0.15, 0.2) is 67.3 Å². The number of ether oxygens (including phenoxy) is 2. The van der Waals surface area contributed by atoms with Gasteiger partial charge in [0.1, 0.15) is 6.61 Å². The fourth-order valence-electron chi connectivity index (χ4n) is 2.32. The second kappa shape index (κ2) is 7.25. The Morgan fingerprint density at radius 1 is 1.14 bits per heavy atom. The summed E-state index contributed by atoms with van der Waals surface area (Å²) in [5.41, 5.74) is 0.00281. The predicted octanol–water partition coefficient (Wildman–Crippen LogP) is 3.96. The normalized spacial score (nSPS) is 13.2. The lowest BCUT2D eigenvalue weighted by Gasteiger charge is -2.31. The van der Waals surface area contributed by atoms with Crippen LogP contribution in [0.25, 0.3) is 0 Å². The topological polar surface area (TPSA) is 35.5 Å². The first kappa shape index (κ1) is 16.3. The maximum atomic E-state index is 12.7. The van der Waals surface area contributed by atoms with Gasteiger partial charge in [-0.15, -0.1) is 0 Å². The molecule has 2 aromatic carbocycles. The Morgan fingerprint density at radius 2 is 1.73 bits per heavy atom. The Balaban J connectivity index is 2.58. The third-order valence-corrected chi connectivity index (χ3v) is 3.61. The molecule has 0 heterocycles. The van der Waals surface area contributed by atoms with Gasteiger partial charge in [-0.3, -0.25) is 0 Å². The lowest BCUT2D eigenvalue weighted by molar-refractivity contribution is -0.164. The minimum atomic E-state index is -1.34. The minimum Gasteiger partial charge on any atom is -0.459 e. The van der Waals surface area contributed by atoms with Gasteiger partial charge in [0.25, 0.3) is 0 Å². The number of hydrogen-bond acceptors (Lipinski definition) is 3. The van der Waals surface area contributed by atoms with E-state index >= 15 is 0 Å². The summed E-state index contributed by atoms with van der Waals surface area (Å²) in [6, 6.07) is 16.2. The Labute approximate surface area is 135 Å². The van der Waals surface area contributed by atoms with Gasteiger partial charge in [0.05, 0.1) is 0 Å². The van der Waals surface area contributed by atoms with Crippen LogP contribution in [-0.2, 0) is 19.9 Å². The van der Waals surface area contributed by atoms with Crippen molar-refractivity contribution in [3.05, 3.63) is 83.4 Å². The summed E-state index contributed by atoms with van der Waals surface area (Å²) in [6.45, 7) is 3.68. The summed E-state index contributed by atoms with van der Waals surface area (Å²) < 4.78 is 10.9. The predicted molar refractivity (Wildman–Crippen MR) is 86.8 cm³/mol. The standard InChI is InChI=1S/C18H17ClO3/c1-3-13-22-17(20)18(21-2,14-7-5-4-6-8-14)15-9-11-16(19)12-10-15/h3-12H,1,13H2,2H3. The van der Waals surface area contributed by atoms with Crippen molar-refractivity contribution in [1.82, 2.24) is 0 Å². The lowest BCUT2D eigenvalue weighted by atomic mass is 9.86. The van der Waals surface area contributed by atoms with Crippen LogP contribution in [0.4, 0.5) is 0 Å². The molecule has 0 saturated heterocycles. The fourth-order valence-corrected chi connectivity index (χ4v) is 2.44. The van der Waals surface area contributed by atoms with Crippen LogP contribution in [0.2, 0.25) is 5.02 Å². The monoisotopic (exact) mass is 316 g/mol. The fraction of sp³-hybridized carbons (Fsp3) is 0.167. The van der Waals surface area contributed by atoms with Crippen LogP contribution in [0.1, 0.15) is 11.1 Å². The average Bonchev–Trinajstić information content (AvgIpc) is 2.56. The zero-order chi connectivity index (χ0) is 16.0. The number of hydrogen-bond donors (Lipinski definition) is 0. The smallest absolute Gasteiger partial charge is 0.348 e. The molecule has 2 aromatic rings. The molecule has 0 fully saturated rings. The van der Waals surface area contributed by atoms with Gasteiger partial charge in [0.15, 0.2) is 0 Å². The summed E-state index contributed by atoms with van der Waals surface area (Å²) in [5, 5.41) is 0.585. The van der Waals surface area contributed by atoms with Crippen LogP contribution in [0.3, 0.4) is 0 Å². The zero-order valence-electron chi connectivity index (χ0n) is 12.3. The van der Waals surface area contributed by atoms with Crippen LogP contribution < -0.4 is 0 Å². The summed E-state index contributed by atoms with van der Waals surface area (Å²) in [4.78, 5) is 12.7. The second-order valence-corrected chi connectivity index (χ2v) is 5.08. The molecule has 0 aromatic heterocycles. The van der Waals surface area contributed by atoms with Crippen molar-refractivity contribution in [1.29, 1.82) is 0 Å². The van der Waals surface area contributed by atoms with Crippen molar-refractivity contribution in [2.45, 2.75) is 5.60 Å².